The molecular formula is C14H12F3N3O. The van der Waals surface area contributed by atoms with Crippen molar-refractivity contribution >= 4 is 11.0 Å². The Morgan fingerprint density at radius 3 is 2.67 bits per heavy atom. The van der Waals surface area contributed by atoms with Crippen LogP contribution in [0, 0.1) is 6.92 Å². The van der Waals surface area contributed by atoms with E-state index in [2.05, 4.69) is 10.1 Å². The highest BCUT2D eigenvalue weighted by atomic mass is 19.4. The van der Waals surface area contributed by atoms with Crippen molar-refractivity contribution in [1.82, 2.24) is 14.8 Å². The first-order valence-corrected chi connectivity index (χ1v) is 6.41. The molecule has 3 heterocycles. The van der Waals surface area contributed by atoms with Crippen LogP contribution in [-0.4, -0.2) is 14.8 Å². The van der Waals surface area contributed by atoms with Gasteiger partial charge in [0.1, 0.15) is 5.69 Å². The predicted molar refractivity (Wildman–Crippen MR) is 70.6 cm³/mol. The molecule has 0 fully saturated rings. The van der Waals surface area contributed by atoms with Gasteiger partial charge in [0, 0.05) is 6.54 Å². The summed E-state index contributed by atoms with van der Waals surface area (Å²) in [4.78, 5) is 4.29. The van der Waals surface area contributed by atoms with Gasteiger partial charge in [-0.3, -0.25) is 0 Å². The molecule has 0 aliphatic heterocycles. The zero-order valence-electron chi connectivity index (χ0n) is 11.4. The van der Waals surface area contributed by atoms with Crippen molar-refractivity contribution in [2.75, 3.05) is 0 Å². The van der Waals surface area contributed by atoms with Crippen LogP contribution in [0.1, 0.15) is 18.2 Å². The quantitative estimate of drug-likeness (QED) is 0.716. The van der Waals surface area contributed by atoms with E-state index in [1.807, 2.05) is 0 Å². The second-order valence-electron chi connectivity index (χ2n) is 4.63. The van der Waals surface area contributed by atoms with E-state index in [-0.39, 0.29) is 16.7 Å². The van der Waals surface area contributed by atoms with Crippen molar-refractivity contribution in [2.24, 2.45) is 0 Å². The topological polar surface area (TPSA) is 43.9 Å². The molecule has 0 aromatic carbocycles. The minimum absolute atomic E-state index is 0.0413. The van der Waals surface area contributed by atoms with Gasteiger partial charge in [-0.15, -0.1) is 0 Å². The lowest BCUT2D eigenvalue weighted by atomic mass is 10.1. The Kier molecular flexibility index (Phi) is 3.00. The molecule has 0 spiro atoms. The highest BCUT2D eigenvalue weighted by Gasteiger charge is 2.35. The van der Waals surface area contributed by atoms with Crippen LogP contribution in [0.5, 0.6) is 0 Å². The van der Waals surface area contributed by atoms with Gasteiger partial charge in [0.25, 0.3) is 0 Å². The molecule has 110 valence electrons. The maximum Gasteiger partial charge on any atom is 0.417 e. The number of fused-ring (bicyclic) bond motifs is 1. The molecule has 3 aromatic rings. The molecule has 0 saturated carbocycles. The first-order valence-electron chi connectivity index (χ1n) is 6.41. The first kappa shape index (κ1) is 13.7. The van der Waals surface area contributed by atoms with Crippen LogP contribution in [0.3, 0.4) is 0 Å². The Labute approximate surface area is 118 Å². The van der Waals surface area contributed by atoms with Crippen molar-refractivity contribution in [3.63, 3.8) is 0 Å². The minimum atomic E-state index is -4.48. The van der Waals surface area contributed by atoms with Crippen molar-refractivity contribution in [2.45, 2.75) is 26.6 Å². The fraction of sp³-hybridized carbons (Fsp3) is 0.286. The summed E-state index contributed by atoms with van der Waals surface area (Å²) in [5.74, 6) is 0.295. The lowest BCUT2D eigenvalue weighted by Crippen LogP contribution is -2.08. The third-order valence-electron chi connectivity index (χ3n) is 3.26. The number of hydrogen-bond acceptors (Lipinski definition) is 3. The van der Waals surface area contributed by atoms with E-state index in [9.17, 15) is 13.2 Å². The molecule has 0 amide bonds. The number of halogens is 3. The standard InChI is InChI=1S/C14H12F3N3O/c1-3-20-13-12(8(2)19-20)9(14(15,16)17)7-10(18-13)11-5-4-6-21-11/h4-7H,3H2,1-2H3. The number of furan rings is 1. The Bertz CT molecular complexity index is 788. The lowest BCUT2D eigenvalue weighted by molar-refractivity contribution is -0.136. The van der Waals surface area contributed by atoms with Crippen LogP contribution in [0.2, 0.25) is 0 Å². The molecule has 3 rings (SSSR count). The van der Waals surface area contributed by atoms with E-state index in [0.29, 0.717) is 18.0 Å². The van der Waals surface area contributed by atoms with E-state index >= 15 is 0 Å². The molecule has 21 heavy (non-hydrogen) atoms. The summed E-state index contributed by atoms with van der Waals surface area (Å²) >= 11 is 0. The van der Waals surface area contributed by atoms with Gasteiger partial charge in [-0.1, -0.05) is 0 Å². The van der Waals surface area contributed by atoms with Gasteiger partial charge in [0.15, 0.2) is 11.4 Å². The van der Waals surface area contributed by atoms with Crippen molar-refractivity contribution in [3.05, 3.63) is 35.7 Å². The van der Waals surface area contributed by atoms with Crippen LogP contribution >= 0.6 is 0 Å². The van der Waals surface area contributed by atoms with E-state index in [1.54, 1.807) is 26.0 Å². The molecule has 0 unspecified atom stereocenters. The van der Waals surface area contributed by atoms with Crippen LogP contribution in [0.25, 0.3) is 22.5 Å². The molecule has 0 atom stereocenters. The largest absolute Gasteiger partial charge is 0.463 e. The Morgan fingerprint density at radius 2 is 2.10 bits per heavy atom. The van der Waals surface area contributed by atoms with Crippen LogP contribution in [0.4, 0.5) is 13.2 Å². The fourth-order valence-corrected chi connectivity index (χ4v) is 2.35. The molecule has 0 N–H and O–H groups in total. The zero-order chi connectivity index (χ0) is 15.2. The second-order valence-corrected chi connectivity index (χ2v) is 4.63. The molecule has 0 bridgehead atoms. The highest BCUT2D eigenvalue weighted by molar-refractivity contribution is 5.85. The third-order valence-corrected chi connectivity index (χ3v) is 3.26. The molecular weight excluding hydrogens is 283 g/mol. The maximum atomic E-state index is 13.3. The Balaban J connectivity index is 2.39. The lowest BCUT2D eigenvalue weighted by Gasteiger charge is -2.10. The average Bonchev–Trinajstić information content (AvgIpc) is 3.05. The smallest absolute Gasteiger partial charge is 0.417 e. The fourth-order valence-electron chi connectivity index (χ4n) is 2.35. The number of aryl methyl sites for hydroxylation is 2. The monoisotopic (exact) mass is 295 g/mol. The summed E-state index contributed by atoms with van der Waals surface area (Å²) in [6.45, 7) is 3.80. The van der Waals surface area contributed by atoms with E-state index < -0.39 is 11.7 Å². The van der Waals surface area contributed by atoms with Crippen LogP contribution in [-0.2, 0) is 12.7 Å². The van der Waals surface area contributed by atoms with E-state index in [1.165, 1.54) is 10.9 Å². The Hall–Kier alpha value is -2.31. The number of nitrogens with zero attached hydrogens (tertiary/aromatic N) is 3. The average molecular weight is 295 g/mol. The Morgan fingerprint density at radius 1 is 1.33 bits per heavy atom. The maximum absolute atomic E-state index is 13.3. The predicted octanol–water partition coefficient (Wildman–Crippen LogP) is 4.04. The number of aromatic nitrogens is 3. The highest BCUT2D eigenvalue weighted by Crippen LogP contribution is 2.38. The first-order chi connectivity index (χ1) is 9.91. The SMILES string of the molecule is CCn1nc(C)c2c(C(F)(F)F)cc(-c3ccco3)nc21. The zero-order valence-corrected chi connectivity index (χ0v) is 11.4. The number of alkyl halides is 3. The van der Waals surface area contributed by atoms with Crippen molar-refractivity contribution in [1.29, 1.82) is 0 Å². The number of rotatable bonds is 2. The number of pyridine rings is 1. The van der Waals surface area contributed by atoms with Gasteiger partial charge in [-0.05, 0) is 32.0 Å². The van der Waals surface area contributed by atoms with Gasteiger partial charge in [0.05, 0.1) is 22.9 Å². The summed E-state index contributed by atoms with van der Waals surface area (Å²) in [7, 11) is 0. The molecule has 7 heteroatoms. The number of hydrogen-bond donors (Lipinski definition) is 0. The van der Waals surface area contributed by atoms with E-state index in [4.69, 9.17) is 4.42 Å². The summed E-state index contributed by atoms with van der Waals surface area (Å²) in [6.07, 6.45) is -3.08. The molecule has 0 aliphatic rings. The summed E-state index contributed by atoms with van der Waals surface area (Å²) in [5, 5.41) is 4.17. The van der Waals surface area contributed by atoms with Gasteiger partial charge >= 0.3 is 6.18 Å². The van der Waals surface area contributed by atoms with Crippen LogP contribution < -0.4 is 0 Å². The third kappa shape index (κ3) is 2.18. The van der Waals surface area contributed by atoms with Gasteiger partial charge in [-0.2, -0.15) is 18.3 Å². The summed E-state index contributed by atoms with van der Waals surface area (Å²) < 4.78 is 46.6. The van der Waals surface area contributed by atoms with E-state index in [0.717, 1.165) is 6.07 Å². The van der Waals surface area contributed by atoms with Crippen LogP contribution in [0.15, 0.2) is 28.9 Å². The summed E-state index contributed by atoms with van der Waals surface area (Å²) in [5.41, 5.74) is -0.0561. The molecule has 0 radical (unpaired) electrons. The van der Waals surface area contributed by atoms with Crippen molar-refractivity contribution in [3.8, 4) is 11.5 Å². The van der Waals surface area contributed by atoms with Gasteiger partial charge in [-0.25, -0.2) is 9.67 Å². The molecule has 3 aromatic heterocycles. The second kappa shape index (κ2) is 4.61. The van der Waals surface area contributed by atoms with Gasteiger partial charge in [0.2, 0.25) is 0 Å². The van der Waals surface area contributed by atoms with Gasteiger partial charge < -0.3 is 4.42 Å². The van der Waals surface area contributed by atoms with Crippen molar-refractivity contribution < 1.29 is 17.6 Å². The summed E-state index contributed by atoms with van der Waals surface area (Å²) in [6, 6.07) is 4.19. The molecule has 0 aliphatic carbocycles. The molecule has 0 saturated heterocycles. The molecule has 4 nitrogen and oxygen atoms in total. The minimum Gasteiger partial charge on any atom is -0.463 e. The normalized spacial score (nSPS) is 12.2.